The van der Waals surface area contributed by atoms with Gasteiger partial charge in [0.15, 0.2) is 0 Å². The Morgan fingerprint density at radius 2 is 2.04 bits per heavy atom. The standard InChI is InChI=1S/C21H29N3O3/c1-12-17(21(26)24-18-9-10-22-14(3)20(12)18)11-19(25)23-13(2)15-5-7-16(27-4)8-6-15/h5-8,13-14,18,20,22H,9-11H2,1-4H3,(H,23,25)(H,24,26)/t13-,14?,18?,20?/m1/s1. The van der Waals surface area contributed by atoms with Gasteiger partial charge in [-0.2, -0.15) is 0 Å². The van der Waals surface area contributed by atoms with E-state index in [1.807, 2.05) is 38.1 Å². The quantitative estimate of drug-likeness (QED) is 0.740. The van der Waals surface area contributed by atoms with E-state index in [9.17, 15) is 9.59 Å². The molecule has 1 fully saturated rings. The zero-order chi connectivity index (χ0) is 19.6. The molecule has 0 saturated carbocycles. The number of carbonyl (C=O) groups is 2. The summed E-state index contributed by atoms with van der Waals surface area (Å²) in [6, 6.07) is 7.93. The van der Waals surface area contributed by atoms with Gasteiger partial charge in [0.25, 0.3) is 0 Å². The monoisotopic (exact) mass is 371 g/mol. The maximum absolute atomic E-state index is 12.6. The first-order chi connectivity index (χ1) is 12.9. The number of nitrogens with one attached hydrogen (secondary N) is 3. The van der Waals surface area contributed by atoms with Crippen LogP contribution in [-0.4, -0.2) is 37.6 Å². The van der Waals surface area contributed by atoms with Gasteiger partial charge in [0.2, 0.25) is 11.8 Å². The molecule has 0 radical (unpaired) electrons. The number of fused-ring (bicyclic) bond motifs is 1. The average molecular weight is 371 g/mol. The smallest absolute Gasteiger partial charge is 0.247 e. The summed E-state index contributed by atoms with van der Waals surface area (Å²) in [6.45, 7) is 6.98. The lowest BCUT2D eigenvalue weighted by Crippen LogP contribution is -2.57. The first-order valence-corrected chi connectivity index (χ1v) is 9.58. The van der Waals surface area contributed by atoms with E-state index < -0.39 is 0 Å². The highest BCUT2D eigenvalue weighted by Gasteiger charge is 2.39. The molecule has 2 aliphatic heterocycles. The van der Waals surface area contributed by atoms with Crippen molar-refractivity contribution in [2.45, 2.75) is 51.7 Å². The maximum atomic E-state index is 12.6. The zero-order valence-electron chi connectivity index (χ0n) is 16.5. The van der Waals surface area contributed by atoms with E-state index in [2.05, 4.69) is 22.9 Å². The molecule has 0 bridgehead atoms. The third-order valence-electron chi connectivity index (χ3n) is 5.79. The third-order valence-corrected chi connectivity index (χ3v) is 5.79. The van der Waals surface area contributed by atoms with Crippen LogP contribution in [-0.2, 0) is 9.59 Å². The molecule has 3 unspecified atom stereocenters. The van der Waals surface area contributed by atoms with Crippen molar-refractivity contribution in [2.24, 2.45) is 5.92 Å². The molecule has 2 heterocycles. The molecule has 1 aromatic carbocycles. The summed E-state index contributed by atoms with van der Waals surface area (Å²) >= 11 is 0. The predicted octanol–water partition coefficient (Wildman–Crippen LogP) is 2.08. The first-order valence-electron chi connectivity index (χ1n) is 9.58. The summed E-state index contributed by atoms with van der Waals surface area (Å²) in [5.74, 6) is 0.785. The van der Waals surface area contributed by atoms with Gasteiger partial charge in [0.05, 0.1) is 19.6 Å². The summed E-state index contributed by atoms with van der Waals surface area (Å²) in [5.41, 5.74) is 2.63. The van der Waals surface area contributed by atoms with Gasteiger partial charge in [-0.1, -0.05) is 17.7 Å². The van der Waals surface area contributed by atoms with Gasteiger partial charge >= 0.3 is 0 Å². The van der Waals surface area contributed by atoms with E-state index in [1.54, 1.807) is 7.11 Å². The lowest BCUT2D eigenvalue weighted by molar-refractivity contribution is -0.124. The van der Waals surface area contributed by atoms with E-state index in [4.69, 9.17) is 4.74 Å². The molecule has 6 heteroatoms. The van der Waals surface area contributed by atoms with Gasteiger partial charge in [-0.25, -0.2) is 0 Å². The van der Waals surface area contributed by atoms with Crippen LogP contribution in [0.2, 0.25) is 0 Å². The third kappa shape index (κ3) is 4.16. The molecule has 3 N–H and O–H groups in total. The summed E-state index contributed by atoms with van der Waals surface area (Å²) in [6.07, 6.45) is 1.03. The molecule has 3 rings (SSSR count). The van der Waals surface area contributed by atoms with Crippen LogP contribution in [0.4, 0.5) is 0 Å². The highest BCUT2D eigenvalue weighted by Crippen LogP contribution is 2.32. The van der Waals surface area contributed by atoms with Gasteiger partial charge in [-0.15, -0.1) is 0 Å². The molecule has 2 amide bonds. The fourth-order valence-corrected chi connectivity index (χ4v) is 4.24. The van der Waals surface area contributed by atoms with Crippen molar-refractivity contribution < 1.29 is 14.3 Å². The highest BCUT2D eigenvalue weighted by atomic mass is 16.5. The number of methoxy groups -OCH3 is 1. The Morgan fingerprint density at radius 1 is 1.33 bits per heavy atom. The molecule has 27 heavy (non-hydrogen) atoms. The van der Waals surface area contributed by atoms with Crippen molar-refractivity contribution in [1.82, 2.24) is 16.0 Å². The van der Waals surface area contributed by atoms with E-state index in [1.165, 1.54) is 0 Å². The van der Waals surface area contributed by atoms with Crippen molar-refractivity contribution in [3.05, 3.63) is 41.0 Å². The summed E-state index contributed by atoms with van der Waals surface area (Å²) in [5, 5.41) is 9.56. The van der Waals surface area contributed by atoms with E-state index in [0.29, 0.717) is 11.6 Å². The summed E-state index contributed by atoms with van der Waals surface area (Å²) in [7, 11) is 1.62. The van der Waals surface area contributed by atoms with Crippen LogP contribution in [0.1, 0.15) is 45.2 Å². The fourth-order valence-electron chi connectivity index (χ4n) is 4.24. The van der Waals surface area contributed by atoms with Gasteiger partial charge in [-0.05, 0) is 51.4 Å². The van der Waals surface area contributed by atoms with Crippen LogP contribution in [0.3, 0.4) is 0 Å². The number of carbonyl (C=O) groups excluding carboxylic acids is 2. The van der Waals surface area contributed by atoms with Crippen LogP contribution < -0.4 is 20.7 Å². The van der Waals surface area contributed by atoms with Crippen LogP contribution >= 0.6 is 0 Å². The summed E-state index contributed by atoms with van der Waals surface area (Å²) < 4.78 is 5.16. The number of rotatable bonds is 5. The lowest BCUT2D eigenvalue weighted by Gasteiger charge is -2.42. The molecule has 1 saturated heterocycles. The van der Waals surface area contributed by atoms with Crippen LogP contribution in [0.5, 0.6) is 5.75 Å². The Balaban J connectivity index is 1.68. The van der Waals surface area contributed by atoms with Crippen molar-refractivity contribution >= 4 is 11.8 Å². The van der Waals surface area contributed by atoms with Gasteiger partial charge in [0, 0.05) is 23.6 Å². The Bertz CT molecular complexity index is 742. The topological polar surface area (TPSA) is 79.5 Å². The van der Waals surface area contributed by atoms with E-state index in [-0.39, 0.29) is 36.2 Å². The van der Waals surface area contributed by atoms with Crippen LogP contribution in [0, 0.1) is 5.92 Å². The van der Waals surface area contributed by atoms with Crippen molar-refractivity contribution in [3.63, 3.8) is 0 Å². The van der Waals surface area contributed by atoms with E-state index >= 15 is 0 Å². The Morgan fingerprint density at radius 3 is 2.70 bits per heavy atom. The maximum Gasteiger partial charge on any atom is 0.247 e. The Kier molecular flexibility index (Phi) is 5.85. The zero-order valence-corrected chi connectivity index (χ0v) is 16.5. The van der Waals surface area contributed by atoms with Crippen LogP contribution in [0.15, 0.2) is 35.4 Å². The normalized spacial score (nSPS) is 26.1. The minimum atomic E-state index is -0.141. The second-order valence-electron chi connectivity index (χ2n) is 7.54. The molecule has 0 aliphatic carbocycles. The number of hydrogen-bond acceptors (Lipinski definition) is 4. The minimum absolute atomic E-state index is 0.102. The largest absolute Gasteiger partial charge is 0.497 e. The number of piperidine rings is 1. The molecular weight excluding hydrogens is 342 g/mol. The van der Waals surface area contributed by atoms with Crippen molar-refractivity contribution in [1.29, 1.82) is 0 Å². The average Bonchev–Trinajstić information content (AvgIpc) is 2.65. The SMILES string of the molecule is COc1ccc([C@@H](C)NC(=O)CC2=C(C)C3C(C)NCCC3NC2=O)cc1. The first kappa shape index (κ1) is 19.4. The minimum Gasteiger partial charge on any atom is -0.497 e. The molecular formula is C21H29N3O3. The second kappa shape index (κ2) is 8.13. The predicted molar refractivity (Wildman–Crippen MR) is 104 cm³/mol. The van der Waals surface area contributed by atoms with Gasteiger partial charge in [-0.3, -0.25) is 9.59 Å². The van der Waals surface area contributed by atoms with Gasteiger partial charge < -0.3 is 20.7 Å². The molecule has 4 atom stereocenters. The molecule has 0 aromatic heterocycles. The Labute approximate surface area is 160 Å². The molecule has 2 aliphatic rings. The molecule has 0 spiro atoms. The summed E-state index contributed by atoms with van der Waals surface area (Å²) in [4.78, 5) is 25.1. The van der Waals surface area contributed by atoms with E-state index in [0.717, 1.165) is 29.9 Å². The lowest BCUT2D eigenvalue weighted by atomic mass is 9.76. The second-order valence-corrected chi connectivity index (χ2v) is 7.54. The number of benzene rings is 1. The van der Waals surface area contributed by atoms with Crippen LogP contribution in [0.25, 0.3) is 0 Å². The fraction of sp³-hybridized carbons (Fsp3) is 0.524. The van der Waals surface area contributed by atoms with Crippen molar-refractivity contribution in [3.8, 4) is 5.75 Å². The number of hydrogen-bond donors (Lipinski definition) is 3. The molecule has 146 valence electrons. The number of ether oxygens (including phenoxy) is 1. The number of amides is 2. The van der Waals surface area contributed by atoms with Gasteiger partial charge in [0.1, 0.15) is 5.75 Å². The van der Waals surface area contributed by atoms with Crippen molar-refractivity contribution in [2.75, 3.05) is 13.7 Å². The Hall–Kier alpha value is -2.34. The molecule has 1 aromatic rings. The molecule has 6 nitrogen and oxygen atoms in total. The highest BCUT2D eigenvalue weighted by molar-refractivity contribution is 6.00.